The number of hydrogen-bond acceptors (Lipinski definition) is 5. The van der Waals surface area contributed by atoms with Gasteiger partial charge in [-0.05, 0) is 48.6 Å². The molecule has 1 aliphatic heterocycles. The van der Waals surface area contributed by atoms with Crippen LogP contribution in [-0.2, 0) is 43.3 Å². The van der Waals surface area contributed by atoms with Crippen molar-refractivity contribution in [3.63, 3.8) is 0 Å². The van der Waals surface area contributed by atoms with Gasteiger partial charge in [-0.25, -0.2) is 13.2 Å². The first-order valence-corrected chi connectivity index (χ1v) is 15.5. The molecule has 12 heteroatoms. The number of likely N-dealkylation sites (tertiary alicyclic amines) is 1. The van der Waals surface area contributed by atoms with Gasteiger partial charge in [-0.15, -0.1) is 0 Å². The van der Waals surface area contributed by atoms with E-state index in [1.54, 1.807) is 12.0 Å². The maximum Gasteiger partial charge on any atom is 0.243 e. The summed E-state index contributed by atoms with van der Waals surface area (Å²) in [5, 5.41) is 7.87. The fourth-order valence-corrected chi connectivity index (χ4v) is 5.51. The first-order chi connectivity index (χ1) is 22.6. The number of methoxy groups -OCH3 is 1. The van der Waals surface area contributed by atoms with Crippen LogP contribution in [0.5, 0.6) is 0 Å². The van der Waals surface area contributed by atoms with Crippen LogP contribution in [0.3, 0.4) is 0 Å². The Morgan fingerprint density at radius 3 is 2.30 bits per heavy atom. The van der Waals surface area contributed by atoms with Gasteiger partial charge in [0.25, 0.3) is 0 Å². The molecule has 1 aliphatic rings. The van der Waals surface area contributed by atoms with Crippen LogP contribution in [0, 0.1) is 17.5 Å². The summed E-state index contributed by atoms with van der Waals surface area (Å²) in [7, 11) is 1.54. The molecule has 0 bridgehead atoms. The molecule has 1 fully saturated rings. The van der Waals surface area contributed by atoms with E-state index in [0.717, 1.165) is 24.5 Å². The minimum Gasteiger partial charge on any atom is -0.383 e. The predicted octanol–water partition coefficient (Wildman–Crippen LogP) is 3.59. The van der Waals surface area contributed by atoms with Gasteiger partial charge in [0.05, 0.1) is 19.1 Å². The summed E-state index contributed by atoms with van der Waals surface area (Å²) in [6, 6.07) is 14.9. The third kappa shape index (κ3) is 10.7. The fourth-order valence-electron chi connectivity index (χ4n) is 5.51. The van der Waals surface area contributed by atoms with Crippen molar-refractivity contribution < 1.29 is 37.1 Å². The molecular formula is C35H39F3N4O5. The molecular weight excluding hydrogens is 613 g/mol. The van der Waals surface area contributed by atoms with E-state index >= 15 is 0 Å². The lowest BCUT2D eigenvalue weighted by molar-refractivity contribution is -0.138. The highest BCUT2D eigenvalue weighted by atomic mass is 19.1. The number of halogens is 3. The molecule has 0 unspecified atom stereocenters. The van der Waals surface area contributed by atoms with E-state index in [1.165, 1.54) is 30.3 Å². The van der Waals surface area contributed by atoms with Gasteiger partial charge in [0.15, 0.2) is 0 Å². The van der Waals surface area contributed by atoms with Crippen molar-refractivity contribution in [2.75, 3.05) is 20.3 Å². The Morgan fingerprint density at radius 1 is 0.872 bits per heavy atom. The zero-order valence-corrected chi connectivity index (χ0v) is 26.1. The third-order valence-corrected chi connectivity index (χ3v) is 8.02. The van der Waals surface area contributed by atoms with Crippen LogP contribution >= 0.6 is 0 Å². The van der Waals surface area contributed by atoms with Crippen LogP contribution in [0.25, 0.3) is 0 Å². The summed E-state index contributed by atoms with van der Waals surface area (Å²) in [5.74, 6) is -4.39. The molecule has 1 heterocycles. The Labute approximate surface area is 271 Å². The second-order valence-corrected chi connectivity index (χ2v) is 11.5. The molecule has 4 rings (SSSR count). The van der Waals surface area contributed by atoms with Crippen LogP contribution in [0.1, 0.15) is 42.4 Å². The van der Waals surface area contributed by atoms with Crippen molar-refractivity contribution >= 4 is 23.6 Å². The van der Waals surface area contributed by atoms with Gasteiger partial charge in [-0.1, -0.05) is 48.5 Å². The second-order valence-electron chi connectivity index (χ2n) is 11.5. The number of carbonyl (C=O) groups excluding carboxylic acids is 4. The molecule has 3 aromatic carbocycles. The van der Waals surface area contributed by atoms with Crippen molar-refractivity contribution in [1.29, 1.82) is 0 Å². The molecule has 3 aromatic rings. The quantitative estimate of drug-likeness (QED) is 0.232. The number of nitrogens with zero attached hydrogens (tertiary/aromatic N) is 1. The van der Waals surface area contributed by atoms with E-state index in [0.29, 0.717) is 31.2 Å². The Morgan fingerprint density at radius 2 is 1.60 bits per heavy atom. The average molecular weight is 653 g/mol. The Balaban J connectivity index is 1.51. The maximum atomic E-state index is 14.2. The topological polar surface area (TPSA) is 117 Å². The molecule has 250 valence electrons. The number of nitrogens with one attached hydrogen (secondary N) is 3. The summed E-state index contributed by atoms with van der Waals surface area (Å²) in [6.07, 6.45) is 1.56. The van der Waals surface area contributed by atoms with Gasteiger partial charge >= 0.3 is 0 Å². The van der Waals surface area contributed by atoms with Crippen molar-refractivity contribution in [1.82, 2.24) is 20.9 Å². The summed E-state index contributed by atoms with van der Waals surface area (Å²) in [4.78, 5) is 55.3. The van der Waals surface area contributed by atoms with Gasteiger partial charge in [0.1, 0.15) is 29.5 Å². The van der Waals surface area contributed by atoms with Crippen molar-refractivity contribution in [3.8, 4) is 0 Å². The number of rotatable bonds is 15. The van der Waals surface area contributed by atoms with Crippen LogP contribution in [0.15, 0.2) is 72.8 Å². The largest absolute Gasteiger partial charge is 0.383 e. The molecule has 0 spiro atoms. The zero-order chi connectivity index (χ0) is 33.8. The zero-order valence-electron chi connectivity index (χ0n) is 26.1. The molecule has 1 saturated heterocycles. The number of benzene rings is 3. The Kier molecular flexibility index (Phi) is 12.9. The van der Waals surface area contributed by atoms with E-state index in [1.807, 2.05) is 30.3 Å². The molecule has 0 saturated carbocycles. The van der Waals surface area contributed by atoms with Crippen molar-refractivity contribution in [2.45, 2.75) is 63.2 Å². The smallest absolute Gasteiger partial charge is 0.243 e. The van der Waals surface area contributed by atoms with Gasteiger partial charge in [0, 0.05) is 44.7 Å². The number of aryl methyl sites for hydroxylation is 1. The first kappa shape index (κ1) is 35.1. The highest BCUT2D eigenvalue weighted by molar-refractivity contribution is 5.95. The maximum absolute atomic E-state index is 14.2. The van der Waals surface area contributed by atoms with Gasteiger partial charge in [-0.2, -0.15) is 0 Å². The standard InChI is InChI=1S/C35H39F3N4O5/c1-47-22-28-8-5-17-42(28)33(44)20-31(40-32(43)16-11-23-6-3-2-4-7-23)35(46)41-30(18-24-9-13-26(36)14-10-24)34(45)39-21-25-12-15-27(37)19-29(25)38/h2-4,6-7,9-10,12-15,19,28,30-31H,5,8,11,16-18,20-22H2,1H3,(H,39,45)(H,40,43)(H,41,46)/t28-,30-,31-/m0/s1. The molecule has 0 aliphatic carbocycles. The van der Waals surface area contributed by atoms with Crippen molar-refractivity contribution in [2.24, 2.45) is 0 Å². The SMILES string of the molecule is COC[C@@H]1CCCN1C(=O)C[C@H](NC(=O)CCc1ccccc1)C(=O)N[C@@H](Cc1ccc(F)cc1)C(=O)NCc1ccc(F)cc1F. The Hall–Kier alpha value is -4.71. The normalized spacial score (nSPS) is 15.5. The summed E-state index contributed by atoms with van der Waals surface area (Å²) < 4.78 is 46.5. The Bertz CT molecular complexity index is 1520. The summed E-state index contributed by atoms with van der Waals surface area (Å²) in [5.41, 5.74) is 1.46. The lowest BCUT2D eigenvalue weighted by Gasteiger charge is -2.27. The molecule has 0 aromatic heterocycles. The monoisotopic (exact) mass is 652 g/mol. The van der Waals surface area contributed by atoms with E-state index in [9.17, 15) is 32.3 Å². The lowest BCUT2D eigenvalue weighted by Crippen LogP contribution is -2.55. The lowest BCUT2D eigenvalue weighted by atomic mass is 10.0. The molecule has 9 nitrogen and oxygen atoms in total. The van der Waals surface area contributed by atoms with Crippen molar-refractivity contribution in [3.05, 3.63) is 107 Å². The molecule has 3 N–H and O–H groups in total. The van der Waals surface area contributed by atoms with Crippen LogP contribution in [0.4, 0.5) is 13.2 Å². The number of amides is 4. The first-order valence-electron chi connectivity index (χ1n) is 15.5. The minimum absolute atomic E-state index is 0.0250. The van der Waals surface area contributed by atoms with Crippen LogP contribution < -0.4 is 16.0 Å². The molecule has 0 radical (unpaired) electrons. The minimum atomic E-state index is -1.31. The van der Waals surface area contributed by atoms with E-state index < -0.39 is 47.3 Å². The molecule has 4 amide bonds. The van der Waals surface area contributed by atoms with Gasteiger partial charge in [-0.3, -0.25) is 19.2 Å². The highest BCUT2D eigenvalue weighted by Gasteiger charge is 2.34. The van der Waals surface area contributed by atoms with E-state index in [2.05, 4.69) is 16.0 Å². The average Bonchev–Trinajstić information content (AvgIpc) is 3.52. The second kappa shape index (κ2) is 17.3. The molecule has 47 heavy (non-hydrogen) atoms. The summed E-state index contributed by atoms with van der Waals surface area (Å²) >= 11 is 0. The predicted molar refractivity (Wildman–Crippen MR) is 168 cm³/mol. The fraction of sp³-hybridized carbons (Fsp3) is 0.371. The highest BCUT2D eigenvalue weighted by Crippen LogP contribution is 2.19. The van der Waals surface area contributed by atoms with Gasteiger partial charge < -0.3 is 25.6 Å². The summed E-state index contributed by atoms with van der Waals surface area (Å²) in [6.45, 7) is 0.522. The number of ether oxygens (including phenoxy) is 1. The van der Waals surface area contributed by atoms with Crippen LogP contribution in [-0.4, -0.2) is 66.9 Å². The van der Waals surface area contributed by atoms with E-state index in [-0.39, 0.29) is 43.3 Å². The third-order valence-electron chi connectivity index (χ3n) is 8.02. The number of carbonyl (C=O) groups is 4. The van der Waals surface area contributed by atoms with Gasteiger partial charge in [0.2, 0.25) is 23.6 Å². The van der Waals surface area contributed by atoms with E-state index in [4.69, 9.17) is 4.74 Å². The molecule has 3 atom stereocenters. The number of hydrogen-bond donors (Lipinski definition) is 3. The van der Waals surface area contributed by atoms with Crippen LogP contribution in [0.2, 0.25) is 0 Å².